The Morgan fingerprint density at radius 1 is 0.967 bits per heavy atom. The van der Waals surface area contributed by atoms with Gasteiger partial charge in [0.25, 0.3) is 5.41 Å². The maximum absolute atomic E-state index is 13.4. The molecule has 1 heterocycles. The van der Waals surface area contributed by atoms with E-state index in [2.05, 4.69) is 0 Å². The van der Waals surface area contributed by atoms with Crippen molar-refractivity contribution in [3.63, 3.8) is 0 Å². The lowest BCUT2D eigenvalue weighted by Gasteiger charge is -2.34. The molecule has 0 bridgehead atoms. The summed E-state index contributed by atoms with van der Waals surface area (Å²) in [4.78, 5) is 34.5. The molecule has 3 N–H and O–H groups in total. The number of hydrogen-bond acceptors (Lipinski definition) is 6. The number of fused-ring (bicyclic) bond motifs is 1. The molecule has 11 heteroatoms. The van der Waals surface area contributed by atoms with E-state index in [0.717, 1.165) is 30.3 Å². The van der Waals surface area contributed by atoms with Crippen LogP contribution < -0.4 is 4.74 Å². The number of rotatable bonds is 6. The van der Waals surface area contributed by atoms with Gasteiger partial charge in [-0.15, -0.1) is 0 Å². The zero-order valence-electron chi connectivity index (χ0n) is 15.1. The van der Waals surface area contributed by atoms with E-state index in [0.29, 0.717) is 0 Å². The van der Waals surface area contributed by atoms with Crippen molar-refractivity contribution in [3.05, 3.63) is 53.8 Å². The summed E-state index contributed by atoms with van der Waals surface area (Å²) in [5.41, 5.74) is -3.24. The van der Waals surface area contributed by atoms with Crippen molar-refractivity contribution in [2.75, 3.05) is 6.61 Å². The van der Waals surface area contributed by atoms with Gasteiger partial charge in [0.2, 0.25) is 9.84 Å². The molecular weight excluding hydrogens is 423 g/mol. The van der Waals surface area contributed by atoms with E-state index < -0.39 is 44.9 Å². The highest BCUT2D eigenvalue weighted by Gasteiger charge is 2.61. The smallest absolute Gasteiger partial charge is 0.333 e. The highest BCUT2D eigenvalue weighted by molar-refractivity contribution is 7.91. The summed E-state index contributed by atoms with van der Waals surface area (Å²) in [6, 6.07) is 7.52. The molecule has 0 spiro atoms. The van der Waals surface area contributed by atoms with E-state index in [1.807, 2.05) is 0 Å². The lowest BCUT2D eigenvalue weighted by molar-refractivity contribution is -0.178. The summed E-state index contributed by atoms with van der Waals surface area (Å²) in [6.07, 6.45) is -0.228. The first-order valence-corrected chi connectivity index (χ1v) is 9.98. The van der Waals surface area contributed by atoms with Gasteiger partial charge >= 0.3 is 17.9 Å². The molecule has 2 aromatic rings. The first-order chi connectivity index (χ1) is 14.0. The largest absolute Gasteiger partial charge is 0.493 e. The number of carboxylic acid groups (broad SMARTS) is 3. The molecule has 0 radical (unpaired) electrons. The van der Waals surface area contributed by atoms with Gasteiger partial charge in [0, 0.05) is 5.92 Å². The molecule has 1 aliphatic heterocycles. The Balaban J connectivity index is 2.15. The van der Waals surface area contributed by atoms with Crippen LogP contribution in [0.3, 0.4) is 0 Å². The van der Waals surface area contributed by atoms with Gasteiger partial charge in [-0.05, 0) is 42.3 Å². The van der Waals surface area contributed by atoms with Crippen LogP contribution >= 0.6 is 0 Å². The topological polar surface area (TPSA) is 155 Å². The molecule has 0 saturated heterocycles. The molecule has 0 fully saturated rings. The van der Waals surface area contributed by atoms with Gasteiger partial charge in [0.05, 0.1) is 16.4 Å². The van der Waals surface area contributed by atoms with Gasteiger partial charge in [0.15, 0.2) is 0 Å². The van der Waals surface area contributed by atoms with Crippen LogP contribution in [0.4, 0.5) is 4.39 Å². The molecule has 0 aliphatic carbocycles. The summed E-state index contributed by atoms with van der Waals surface area (Å²) >= 11 is 0. The molecule has 0 aromatic heterocycles. The molecular formula is C19H15FO9S. The van der Waals surface area contributed by atoms with E-state index in [4.69, 9.17) is 4.74 Å². The van der Waals surface area contributed by atoms with Crippen LogP contribution in [0.2, 0.25) is 0 Å². The van der Waals surface area contributed by atoms with Crippen LogP contribution in [0.1, 0.15) is 17.9 Å². The molecule has 158 valence electrons. The second-order valence-electron chi connectivity index (χ2n) is 6.57. The molecule has 1 unspecified atom stereocenters. The number of sulfone groups is 1. The Morgan fingerprint density at radius 3 is 2.13 bits per heavy atom. The second kappa shape index (κ2) is 7.41. The SMILES string of the molecule is O=C(O)C(C(=O)O)(C(=O)O)C1CCOc2cc(S(=O)(=O)c3cccc(F)c3)ccc21. The average Bonchev–Trinajstić information content (AvgIpc) is 2.67. The van der Waals surface area contributed by atoms with Crippen molar-refractivity contribution in [2.24, 2.45) is 5.41 Å². The van der Waals surface area contributed by atoms with Crippen molar-refractivity contribution >= 4 is 27.7 Å². The molecule has 1 aliphatic rings. The van der Waals surface area contributed by atoms with E-state index in [1.54, 1.807) is 0 Å². The van der Waals surface area contributed by atoms with Gasteiger partial charge in [-0.2, -0.15) is 0 Å². The molecule has 3 rings (SSSR count). The van der Waals surface area contributed by atoms with Crippen LogP contribution in [0.5, 0.6) is 5.75 Å². The Bertz CT molecular complexity index is 1120. The van der Waals surface area contributed by atoms with Crippen molar-refractivity contribution < 1.29 is 47.2 Å². The first kappa shape index (κ1) is 21.2. The molecule has 0 saturated carbocycles. The number of benzene rings is 2. The van der Waals surface area contributed by atoms with Gasteiger partial charge in [-0.1, -0.05) is 12.1 Å². The monoisotopic (exact) mass is 438 g/mol. The predicted octanol–water partition coefficient (Wildman–Crippen LogP) is 1.76. The van der Waals surface area contributed by atoms with Gasteiger partial charge in [0.1, 0.15) is 11.6 Å². The van der Waals surface area contributed by atoms with Crippen molar-refractivity contribution in [1.82, 2.24) is 0 Å². The Kier molecular flexibility index (Phi) is 5.25. The second-order valence-corrected chi connectivity index (χ2v) is 8.52. The Labute approximate surface area is 169 Å². The third kappa shape index (κ3) is 3.16. The van der Waals surface area contributed by atoms with Crippen LogP contribution in [-0.2, 0) is 24.2 Å². The molecule has 9 nitrogen and oxygen atoms in total. The molecule has 30 heavy (non-hydrogen) atoms. The fourth-order valence-electron chi connectivity index (χ4n) is 3.48. The summed E-state index contributed by atoms with van der Waals surface area (Å²) in [5, 5.41) is 28.4. The molecule has 0 amide bonds. The zero-order valence-corrected chi connectivity index (χ0v) is 15.9. The van der Waals surface area contributed by atoms with Gasteiger partial charge in [-0.25, -0.2) is 12.8 Å². The third-order valence-corrected chi connectivity index (χ3v) is 6.73. The fraction of sp³-hybridized carbons (Fsp3) is 0.211. The zero-order chi connectivity index (χ0) is 22.3. The summed E-state index contributed by atoms with van der Waals surface area (Å²) < 4.78 is 44.3. The average molecular weight is 438 g/mol. The van der Waals surface area contributed by atoms with Crippen LogP contribution in [0.15, 0.2) is 52.3 Å². The summed E-state index contributed by atoms with van der Waals surface area (Å²) in [6.45, 7) is -0.225. The number of ether oxygens (including phenoxy) is 1. The van der Waals surface area contributed by atoms with Gasteiger partial charge in [-0.3, -0.25) is 14.4 Å². The summed E-state index contributed by atoms with van der Waals surface area (Å²) in [5.74, 6) is -8.61. The lowest BCUT2D eigenvalue weighted by atomic mass is 9.69. The molecule has 2 aromatic carbocycles. The standard InChI is InChI=1S/C19H15FO9S/c20-10-2-1-3-11(8-10)30(27,28)12-4-5-13-14(6-7-29-15(13)9-12)19(16(21)22,17(23)24)18(25)26/h1-5,8-9,14H,6-7H2,(H,21,22)(H,23,24)(H,25,26). The van der Waals surface area contributed by atoms with E-state index in [-0.39, 0.29) is 34.1 Å². The van der Waals surface area contributed by atoms with E-state index in [1.165, 1.54) is 12.1 Å². The highest BCUT2D eigenvalue weighted by Crippen LogP contribution is 2.46. The number of hydrogen-bond donors (Lipinski definition) is 3. The number of carbonyl (C=O) groups is 3. The van der Waals surface area contributed by atoms with Crippen LogP contribution in [-0.4, -0.2) is 48.3 Å². The van der Waals surface area contributed by atoms with Crippen molar-refractivity contribution in [2.45, 2.75) is 22.1 Å². The normalized spacial score (nSPS) is 16.2. The Morgan fingerprint density at radius 2 is 1.57 bits per heavy atom. The number of halogens is 1. The minimum atomic E-state index is -4.17. The van der Waals surface area contributed by atoms with Gasteiger partial charge < -0.3 is 20.1 Å². The minimum Gasteiger partial charge on any atom is -0.493 e. The van der Waals surface area contributed by atoms with Crippen LogP contribution in [0.25, 0.3) is 0 Å². The van der Waals surface area contributed by atoms with Crippen LogP contribution in [0, 0.1) is 11.2 Å². The molecule has 1 atom stereocenters. The fourth-order valence-corrected chi connectivity index (χ4v) is 4.79. The van der Waals surface area contributed by atoms with Crippen molar-refractivity contribution in [1.29, 1.82) is 0 Å². The third-order valence-electron chi connectivity index (χ3n) is 4.98. The summed E-state index contributed by atoms with van der Waals surface area (Å²) in [7, 11) is -4.17. The van der Waals surface area contributed by atoms with E-state index >= 15 is 0 Å². The predicted molar refractivity (Wildman–Crippen MR) is 96.5 cm³/mol. The first-order valence-electron chi connectivity index (χ1n) is 8.50. The minimum absolute atomic E-state index is 0.0633. The highest BCUT2D eigenvalue weighted by atomic mass is 32.2. The quantitative estimate of drug-likeness (QED) is 0.572. The Hall–Kier alpha value is -3.47. The van der Waals surface area contributed by atoms with Crippen molar-refractivity contribution in [3.8, 4) is 5.75 Å². The number of carboxylic acids is 3. The van der Waals surface area contributed by atoms with E-state index in [9.17, 15) is 42.5 Å². The maximum Gasteiger partial charge on any atom is 0.333 e. The number of aliphatic carboxylic acids is 3. The maximum atomic E-state index is 13.4. The lowest BCUT2D eigenvalue weighted by Crippen LogP contribution is -2.52.